The van der Waals surface area contributed by atoms with E-state index in [1.165, 1.54) is 5.69 Å². The van der Waals surface area contributed by atoms with Gasteiger partial charge in [0.15, 0.2) is 0 Å². The molecule has 2 heterocycles. The molecule has 5 heteroatoms. The largest absolute Gasteiger partial charge is 0.381 e. The first-order chi connectivity index (χ1) is 8.18. The van der Waals surface area contributed by atoms with Crippen LogP contribution in [-0.2, 0) is 11.3 Å². The Morgan fingerprint density at radius 2 is 2.12 bits per heavy atom. The Balaban J connectivity index is 1.79. The molecule has 17 heavy (non-hydrogen) atoms. The summed E-state index contributed by atoms with van der Waals surface area (Å²) in [6, 6.07) is 0.615. The molecule has 1 aliphatic heterocycles. The first-order valence-corrected chi connectivity index (χ1v) is 6.98. The molecule has 1 saturated heterocycles. The monoisotopic (exact) mass is 301 g/mol. The van der Waals surface area contributed by atoms with Crippen molar-refractivity contribution in [1.29, 1.82) is 0 Å². The van der Waals surface area contributed by atoms with Gasteiger partial charge in [-0.15, -0.1) is 0 Å². The molecule has 0 atom stereocenters. The minimum Gasteiger partial charge on any atom is -0.381 e. The molecular weight excluding hydrogens is 282 g/mol. The third-order valence-electron chi connectivity index (χ3n) is 3.27. The van der Waals surface area contributed by atoms with E-state index in [4.69, 9.17) is 4.74 Å². The van der Waals surface area contributed by atoms with Gasteiger partial charge in [0.25, 0.3) is 0 Å². The van der Waals surface area contributed by atoms with E-state index in [2.05, 4.69) is 38.0 Å². The van der Waals surface area contributed by atoms with Gasteiger partial charge in [-0.25, -0.2) is 0 Å². The van der Waals surface area contributed by atoms with E-state index in [9.17, 15) is 0 Å². The zero-order valence-corrected chi connectivity index (χ0v) is 12.1. The smallest absolute Gasteiger partial charge is 0.0738 e. The number of rotatable bonds is 4. The van der Waals surface area contributed by atoms with E-state index in [1.807, 2.05) is 6.92 Å². The van der Waals surface area contributed by atoms with E-state index in [0.717, 1.165) is 49.3 Å². The van der Waals surface area contributed by atoms with Crippen LogP contribution in [0.3, 0.4) is 0 Å². The SMILES string of the molecule is Cc1nn(CCNC2CCOCC2)c(C)c1Br. The second-order valence-corrected chi connectivity index (χ2v) is 5.34. The number of hydrogen-bond donors (Lipinski definition) is 1. The summed E-state index contributed by atoms with van der Waals surface area (Å²) in [6.07, 6.45) is 2.25. The lowest BCUT2D eigenvalue weighted by molar-refractivity contribution is 0.0778. The van der Waals surface area contributed by atoms with Crippen LogP contribution in [0.4, 0.5) is 0 Å². The number of aromatic nitrogens is 2. The van der Waals surface area contributed by atoms with Crippen molar-refractivity contribution < 1.29 is 4.74 Å². The third-order valence-corrected chi connectivity index (χ3v) is 4.42. The summed E-state index contributed by atoms with van der Waals surface area (Å²) in [6.45, 7) is 7.80. The molecule has 1 aromatic heterocycles. The summed E-state index contributed by atoms with van der Waals surface area (Å²) in [7, 11) is 0. The summed E-state index contributed by atoms with van der Waals surface area (Å²) in [5, 5.41) is 8.07. The molecule has 0 saturated carbocycles. The molecule has 1 aromatic rings. The van der Waals surface area contributed by atoms with Gasteiger partial charge in [0.05, 0.1) is 16.7 Å². The topological polar surface area (TPSA) is 39.1 Å². The fourth-order valence-electron chi connectivity index (χ4n) is 2.17. The maximum Gasteiger partial charge on any atom is 0.0738 e. The first kappa shape index (κ1) is 13.1. The van der Waals surface area contributed by atoms with Crippen molar-refractivity contribution in [3.05, 3.63) is 15.9 Å². The van der Waals surface area contributed by atoms with E-state index < -0.39 is 0 Å². The zero-order chi connectivity index (χ0) is 12.3. The van der Waals surface area contributed by atoms with Gasteiger partial charge in [-0.3, -0.25) is 4.68 Å². The molecule has 1 aliphatic rings. The molecule has 96 valence electrons. The molecule has 0 unspecified atom stereocenters. The van der Waals surface area contributed by atoms with Gasteiger partial charge in [0.1, 0.15) is 0 Å². The number of nitrogens with zero attached hydrogens (tertiary/aromatic N) is 2. The molecule has 0 radical (unpaired) electrons. The Kier molecular flexibility index (Phi) is 4.59. The Morgan fingerprint density at radius 1 is 1.41 bits per heavy atom. The van der Waals surface area contributed by atoms with Crippen LogP contribution in [0.5, 0.6) is 0 Å². The van der Waals surface area contributed by atoms with Crippen molar-refractivity contribution >= 4 is 15.9 Å². The van der Waals surface area contributed by atoms with Crippen LogP contribution in [0.25, 0.3) is 0 Å². The van der Waals surface area contributed by atoms with Crippen LogP contribution >= 0.6 is 15.9 Å². The summed E-state index contributed by atoms with van der Waals surface area (Å²) < 4.78 is 8.53. The average Bonchev–Trinajstić information content (AvgIpc) is 2.59. The maximum absolute atomic E-state index is 5.34. The number of aryl methyl sites for hydroxylation is 1. The molecule has 0 amide bonds. The highest BCUT2D eigenvalue weighted by molar-refractivity contribution is 9.10. The zero-order valence-electron chi connectivity index (χ0n) is 10.5. The van der Waals surface area contributed by atoms with Gasteiger partial charge in [0.2, 0.25) is 0 Å². The van der Waals surface area contributed by atoms with Crippen molar-refractivity contribution in [3.8, 4) is 0 Å². The van der Waals surface area contributed by atoms with Gasteiger partial charge >= 0.3 is 0 Å². The Bertz CT molecular complexity index is 372. The lowest BCUT2D eigenvalue weighted by Gasteiger charge is -2.23. The highest BCUT2D eigenvalue weighted by Gasteiger charge is 2.13. The van der Waals surface area contributed by atoms with Crippen LogP contribution in [0.2, 0.25) is 0 Å². The summed E-state index contributed by atoms with van der Waals surface area (Å²) in [5.41, 5.74) is 2.27. The Morgan fingerprint density at radius 3 is 2.71 bits per heavy atom. The van der Waals surface area contributed by atoms with E-state index in [-0.39, 0.29) is 0 Å². The molecular formula is C12H20BrN3O. The highest BCUT2D eigenvalue weighted by Crippen LogP contribution is 2.19. The number of hydrogen-bond acceptors (Lipinski definition) is 3. The van der Waals surface area contributed by atoms with Crippen molar-refractivity contribution in [3.63, 3.8) is 0 Å². The van der Waals surface area contributed by atoms with Gasteiger partial charge < -0.3 is 10.1 Å². The van der Waals surface area contributed by atoms with Crippen LogP contribution in [-0.4, -0.2) is 35.6 Å². The van der Waals surface area contributed by atoms with Crippen LogP contribution in [0.15, 0.2) is 4.47 Å². The first-order valence-electron chi connectivity index (χ1n) is 6.19. The van der Waals surface area contributed by atoms with E-state index in [1.54, 1.807) is 0 Å². The van der Waals surface area contributed by atoms with Gasteiger partial charge in [0, 0.05) is 31.5 Å². The average molecular weight is 302 g/mol. The minimum absolute atomic E-state index is 0.615. The van der Waals surface area contributed by atoms with Crippen molar-refractivity contribution in [2.75, 3.05) is 19.8 Å². The van der Waals surface area contributed by atoms with Gasteiger partial charge in [-0.05, 0) is 42.6 Å². The molecule has 0 spiro atoms. The molecule has 1 fully saturated rings. The number of halogens is 1. The van der Waals surface area contributed by atoms with E-state index in [0.29, 0.717) is 6.04 Å². The number of nitrogens with one attached hydrogen (secondary N) is 1. The van der Waals surface area contributed by atoms with Crippen molar-refractivity contribution in [2.24, 2.45) is 0 Å². The van der Waals surface area contributed by atoms with E-state index >= 15 is 0 Å². The second kappa shape index (κ2) is 5.98. The fourth-order valence-corrected chi connectivity index (χ4v) is 2.45. The minimum atomic E-state index is 0.615. The van der Waals surface area contributed by atoms with Gasteiger partial charge in [-0.1, -0.05) is 0 Å². The van der Waals surface area contributed by atoms with Crippen LogP contribution in [0.1, 0.15) is 24.2 Å². The lowest BCUT2D eigenvalue weighted by Crippen LogP contribution is -2.36. The predicted octanol–water partition coefficient (Wildman–Crippen LogP) is 2.03. The standard InChI is InChI=1S/C12H20BrN3O/c1-9-12(13)10(2)16(15-9)6-5-14-11-3-7-17-8-4-11/h11,14H,3-8H2,1-2H3. The molecule has 2 rings (SSSR count). The van der Waals surface area contributed by atoms with Crippen molar-refractivity contribution in [1.82, 2.24) is 15.1 Å². The third kappa shape index (κ3) is 3.30. The van der Waals surface area contributed by atoms with Gasteiger partial charge in [-0.2, -0.15) is 5.10 Å². The summed E-state index contributed by atoms with van der Waals surface area (Å²) in [4.78, 5) is 0. The predicted molar refractivity (Wildman–Crippen MR) is 71.2 cm³/mol. The summed E-state index contributed by atoms with van der Waals surface area (Å²) in [5.74, 6) is 0. The van der Waals surface area contributed by atoms with Crippen LogP contribution < -0.4 is 5.32 Å². The lowest BCUT2D eigenvalue weighted by atomic mass is 10.1. The molecule has 1 N–H and O–H groups in total. The van der Waals surface area contributed by atoms with Crippen LogP contribution in [0, 0.1) is 13.8 Å². The quantitative estimate of drug-likeness (QED) is 0.925. The summed E-state index contributed by atoms with van der Waals surface area (Å²) >= 11 is 3.55. The molecule has 0 aromatic carbocycles. The Labute approximate surface area is 111 Å². The molecule has 4 nitrogen and oxygen atoms in total. The Hall–Kier alpha value is -0.390. The second-order valence-electron chi connectivity index (χ2n) is 4.55. The molecule has 0 aliphatic carbocycles. The molecule has 0 bridgehead atoms. The normalized spacial score (nSPS) is 17.6. The maximum atomic E-state index is 5.34. The fraction of sp³-hybridized carbons (Fsp3) is 0.750. The highest BCUT2D eigenvalue weighted by atomic mass is 79.9. The number of ether oxygens (including phenoxy) is 1. The van der Waals surface area contributed by atoms with Crippen molar-refractivity contribution in [2.45, 2.75) is 39.3 Å².